The number of benzene rings is 3. The second-order valence-electron chi connectivity index (χ2n) is 11.1. The maximum absolute atomic E-state index is 14.5. The highest BCUT2D eigenvalue weighted by Gasteiger charge is 2.49. The Morgan fingerprint density at radius 1 is 0.905 bits per heavy atom. The Hall–Kier alpha value is -2.97. The molecule has 0 bridgehead atoms. The standard InChI is InChI=1S/C33H36Cl2FN3O3/c1-3-4-28(32(40)38-19-17-37(2)18-20-38)39-30(23-7-11-25(34)12-8-23)31(24-9-13-26(35)14-10-24)42-29(33(39)41)21-22-5-15-27(36)16-6-22/h5-16,28-31H,3-4,17-21H2,1-2H3/t28?,29?,30-,31+/m1/s1. The molecular weight excluding hydrogens is 576 g/mol. The minimum Gasteiger partial charge on any atom is -0.358 e. The number of ether oxygens (including phenoxy) is 1. The molecule has 3 aromatic rings. The molecule has 0 saturated carbocycles. The fourth-order valence-corrected chi connectivity index (χ4v) is 6.13. The molecule has 2 unspecified atom stereocenters. The van der Waals surface area contributed by atoms with Crippen LogP contribution in [0.1, 0.15) is 48.6 Å². The summed E-state index contributed by atoms with van der Waals surface area (Å²) in [6.45, 7) is 4.81. The lowest BCUT2D eigenvalue weighted by Crippen LogP contribution is -2.61. The average molecular weight is 613 g/mol. The maximum Gasteiger partial charge on any atom is 0.253 e. The topological polar surface area (TPSA) is 53.1 Å². The van der Waals surface area contributed by atoms with Crippen molar-refractivity contribution in [2.75, 3.05) is 33.2 Å². The first kappa shape index (κ1) is 30.5. The Kier molecular flexibility index (Phi) is 9.84. The van der Waals surface area contributed by atoms with Crippen LogP contribution in [0.2, 0.25) is 10.0 Å². The number of amides is 2. The van der Waals surface area contributed by atoms with Crippen LogP contribution >= 0.6 is 23.2 Å². The van der Waals surface area contributed by atoms with E-state index in [1.165, 1.54) is 12.1 Å². The van der Waals surface area contributed by atoms with Gasteiger partial charge in [-0.15, -0.1) is 0 Å². The number of carbonyl (C=O) groups excluding carboxylic acids is 2. The predicted octanol–water partition coefficient (Wildman–Crippen LogP) is 6.33. The smallest absolute Gasteiger partial charge is 0.253 e. The number of rotatable bonds is 8. The van der Waals surface area contributed by atoms with Crippen molar-refractivity contribution in [3.05, 3.63) is 105 Å². The van der Waals surface area contributed by atoms with E-state index in [1.54, 1.807) is 41.3 Å². The third-order valence-electron chi connectivity index (χ3n) is 8.17. The molecule has 2 amide bonds. The second kappa shape index (κ2) is 13.6. The SMILES string of the molecule is CCCC(C(=O)N1CCN(C)CC1)N1C(=O)C(Cc2ccc(F)cc2)O[C@@H](c2ccc(Cl)cc2)[C@H]1c1ccc(Cl)cc1. The predicted molar refractivity (Wildman–Crippen MR) is 163 cm³/mol. The normalized spacial score (nSPS) is 22.3. The molecule has 0 aromatic heterocycles. The van der Waals surface area contributed by atoms with Crippen LogP contribution in [0.3, 0.4) is 0 Å². The third-order valence-corrected chi connectivity index (χ3v) is 8.67. The van der Waals surface area contributed by atoms with Gasteiger partial charge in [0.15, 0.2) is 0 Å². The van der Waals surface area contributed by atoms with Gasteiger partial charge < -0.3 is 19.4 Å². The summed E-state index contributed by atoms with van der Waals surface area (Å²) >= 11 is 12.5. The van der Waals surface area contributed by atoms with Crippen molar-refractivity contribution < 1.29 is 18.7 Å². The number of hydrogen-bond donors (Lipinski definition) is 0. The first-order chi connectivity index (χ1) is 20.2. The molecule has 6 nitrogen and oxygen atoms in total. The van der Waals surface area contributed by atoms with Gasteiger partial charge in [-0.05, 0) is 66.6 Å². The molecule has 0 spiro atoms. The molecule has 42 heavy (non-hydrogen) atoms. The van der Waals surface area contributed by atoms with Crippen LogP contribution in [0.15, 0.2) is 72.8 Å². The van der Waals surface area contributed by atoms with E-state index in [2.05, 4.69) is 4.90 Å². The highest BCUT2D eigenvalue weighted by atomic mass is 35.5. The fraction of sp³-hybridized carbons (Fsp3) is 0.394. The van der Waals surface area contributed by atoms with Gasteiger partial charge in [-0.2, -0.15) is 0 Å². The zero-order valence-electron chi connectivity index (χ0n) is 23.9. The van der Waals surface area contributed by atoms with Gasteiger partial charge in [0.25, 0.3) is 5.91 Å². The summed E-state index contributed by atoms with van der Waals surface area (Å²) in [6, 6.07) is 19.6. The average Bonchev–Trinajstić information content (AvgIpc) is 2.99. The van der Waals surface area contributed by atoms with Gasteiger partial charge in [-0.25, -0.2) is 4.39 Å². The zero-order chi connectivity index (χ0) is 29.8. The minimum absolute atomic E-state index is 0.0467. The van der Waals surface area contributed by atoms with Crippen LogP contribution in [0.4, 0.5) is 4.39 Å². The van der Waals surface area contributed by atoms with Crippen molar-refractivity contribution in [1.29, 1.82) is 0 Å². The molecule has 0 aliphatic carbocycles. The molecule has 2 saturated heterocycles. The van der Waals surface area contributed by atoms with Crippen LogP contribution in [0.25, 0.3) is 0 Å². The van der Waals surface area contributed by atoms with E-state index in [0.29, 0.717) is 29.6 Å². The number of morpholine rings is 1. The summed E-state index contributed by atoms with van der Waals surface area (Å²) in [6.07, 6.45) is 0.00770. The van der Waals surface area contributed by atoms with Crippen molar-refractivity contribution in [2.24, 2.45) is 0 Å². The summed E-state index contributed by atoms with van der Waals surface area (Å²) in [5, 5.41) is 1.16. The number of nitrogens with zero attached hydrogens (tertiary/aromatic N) is 3. The zero-order valence-corrected chi connectivity index (χ0v) is 25.4. The quantitative estimate of drug-likeness (QED) is 0.299. The third kappa shape index (κ3) is 6.81. The second-order valence-corrected chi connectivity index (χ2v) is 12.0. The molecule has 2 aliphatic rings. The molecule has 5 rings (SSSR count). The molecule has 2 aliphatic heterocycles. The number of likely N-dealkylation sites (N-methyl/N-ethyl adjacent to an activating group) is 1. The van der Waals surface area contributed by atoms with Crippen molar-refractivity contribution in [3.63, 3.8) is 0 Å². The van der Waals surface area contributed by atoms with E-state index in [4.69, 9.17) is 27.9 Å². The van der Waals surface area contributed by atoms with Gasteiger partial charge in [-0.3, -0.25) is 9.59 Å². The van der Waals surface area contributed by atoms with Crippen LogP contribution in [-0.2, 0) is 20.7 Å². The Balaban J connectivity index is 1.61. The summed E-state index contributed by atoms with van der Waals surface area (Å²) in [5.41, 5.74) is 2.43. The number of hydrogen-bond acceptors (Lipinski definition) is 4. The lowest BCUT2D eigenvalue weighted by molar-refractivity contribution is -0.183. The number of carbonyl (C=O) groups is 2. The Morgan fingerprint density at radius 3 is 2.05 bits per heavy atom. The Labute approximate surface area is 256 Å². The van der Waals surface area contributed by atoms with Crippen LogP contribution < -0.4 is 0 Å². The molecule has 0 radical (unpaired) electrons. The van der Waals surface area contributed by atoms with E-state index in [9.17, 15) is 14.0 Å². The van der Waals surface area contributed by atoms with E-state index >= 15 is 0 Å². The maximum atomic E-state index is 14.5. The fourth-order valence-electron chi connectivity index (χ4n) is 5.88. The van der Waals surface area contributed by atoms with E-state index in [1.807, 2.05) is 43.1 Å². The number of halogens is 3. The molecule has 3 aromatic carbocycles. The molecule has 0 N–H and O–H groups in total. The van der Waals surface area contributed by atoms with Crippen LogP contribution in [0, 0.1) is 5.82 Å². The van der Waals surface area contributed by atoms with Crippen LogP contribution in [-0.4, -0.2) is 71.9 Å². The summed E-state index contributed by atoms with van der Waals surface area (Å²) < 4.78 is 20.4. The van der Waals surface area contributed by atoms with Crippen molar-refractivity contribution in [2.45, 2.75) is 50.5 Å². The molecule has 2 heterocycles. The number of piperazine rings is 1. The van der Waals surface area contributed by atoms with Crippen molar-refractivity contribution >= 4 is 35.0 Å². The van der Waals surface area contributed by atoms with Gasteiger partial charge in [-0.1, -0.05) is 72.9 Å². The van der Waals surface area contributed by atoms with Gasteiger partial charge in [0.2, 0.25) is 5.91 Å². The molecule has 9 heteroatoms. The summed E-state index contributed by atoms with van der Waals surface area (Å²) in [5.74, 6) is -0.654. The summed E-state index contributed by atoms with van der Waals surface area (Å²) in [7, 11) is 2.05. The van der Waals surface area contributed by atoms with Crippen molar-refractivity contribution in [3.8, 4) is 0 Å². The van der Waals surface area contributed by atoms with Crippen LogP contribution in [0.5, 0.6) is 0 Å². The van der Waals surface area contributed by atoms with E-state index in [0.717, 1.165) is 36.2 Å². The summed E-state index contributed by atoms with van der Waals surface area (Å²) in [4.78, 5) is 34.6. The largest absolute Gasteiger partial charge is 0.358 e. The first-order valence-electron chi connectivity index (χ1n) is 14.5. The molecule has 222 valence electrons. The Morgan fingerprint density at radius 2 is 1.48 bits per heavy atom. The van der Waals surface area contributed by atoms with Gasteiger partial charge in [0.1, 0.15) is 24.1 Å². The molecular formula is C33H36Cl2FN3O3. The lowest BCUT2D eigenvalue weighted by Gasteiger charge is -2.49. The lowest BCUT2D eigenvalue weighted by atomic mass is 9.88. The Bertz CT molecular complexity index is 1360. The minimum atomic E-state index is -0.876. The van der Waals surface area contributed by atoms with E-state index in [-0.39, 0.29) is 24.1 Å². The highest BCUT2D eigenvalue weighted by Crippen LogP contribution is 2.45. The van der Waals surface area contributed by atoms with Gasteiger partial charge in [0, 0.05) is 42.6 Å². The highest BCUT2D eigenvalue weighted by molar-refractivity contribution is 6.30. The van der Waals surface area contributed by atoms with Crippen molar-refractivity contribution in [1.82, 2.24) is 14.7 Å². The molecule has 4 atom stereocenters. The van der Waals surface area contributed by atoms with Gasteiger partial charge in [0.05, 0.1) is 6.04 Å². The van der Waals surface area contributed by atoms with Gasteiger partial charge >= 0.3 is 0 Å². The van der Waals surface area contributed by atoms with E-state index < -0.39 is 24.3 Å². The molecule has 2 fully saturated rings. The first-order valence-corrected chi connectivity index (χ1v) is 15.2. The monoisotopic (exact) mass is 611 g/mol.